The molecule has 0 saturated heterocycles. The number of nitrogens with one attached hydrogen (secondary N) is 1. The Morgan fingerprint density at radius 1 is 1.27 bits per heavy atom. The third-order valence-corrected chi connectivity index (χ3v) is 2.04. The van der Waals surface area contributed by atoms with E-state index in [2.05, 4.69) is 5.32 Å². The van der Waals surface area contributed by atoms with Gasteiger partial charge in [0.2, 0.25) is 0 Å². The van der Waals surface area contributed by atoms with Crippen molar-refractivity contribution in [3.05, 3.63) is 30.3 Å². The molecule has 0 unspecified atom stereocenters. The predicted octanol–water partition coefficient (Wildman–Crippen LogP) is 2.02. The second-order valence-electron chi connectivity index (χ2n) is 3.36. The Hall–Kier alpha value is -1.55. The summed E-state index contributed by atoms with van der Waals surface area (Å²) in [5.41, 5.74) is 0.808. The number of carbonyl (C=O) groups is 1. The number of hydrazine groups is 1. The highest BCUT2D eigenvalue weighted by molar-refractivity contribution is 5.88. The lowest BCUT2D eigenvalue weighted by atomic mass is 10.3. The van der Waals surface area contributed by atoms with Gasteiger partial charge in [-0.05, 0) is 19.1 Å². The molecule has 0 heterocycles. The van der Waals surface area contributed by atoms with E-state index in [0.29, 0.717) is 6.54 Å². The Bertz CT molecular complexity index is 311. The molecule has 0 aliphatic rings. The van der Waals surface area contributed by atoms with Gasteiger partial charge in [0.1, 0.15) is 0 Å². The molecule has 1 rings (SSSR count). The number of nitrogens with zero attached hydrogens (tertiary/aromatic N) is 2. The lowest BCUT2D eigenvalue weighted by molar-refractivity contribution is 0.0767. The topological polar surface area (TPSA) is 35.6 Å². The molecular formula is C11H17N3O. The molecule has 1 aromatic rings. The van der Waals surface area contributed by atoms with E-state index in [0.717, 1.165) is 5.69 Å². The minimum Gasteiger partial charge on any atom is -0.307 e. The van der Waals surface area contributed by atoms with Gasteiger partial charge in [-0.2, -0.15) is 0 Å². The maximum atomic E-state index is 11.8. The van der Waals surface area contributed by atoms with Crippen LogP contribution in [0.1, 0.15) is 6.92 Å². The SMILES string of the molecule is CCN(C(=O)Nc1ccccc1)N(C)C. The predicted molar refractivity (Wildman–Crippen MR) is 61.5 cm³/mol. The number of rotatable bonds is 3. The second kappa shape index (κ2) is 5.36. The fraction of sp³-hybridized carbons (Fsp3) is 0.364. The Labute approximate surface area is 90.5 Å². The third kappa shape index (κ3) is 3.25. The van der Waals surface area contributed by atoms with Crippen LogP contribution in [0.3, 0.4) is 0 Å². The highest BCUT2D eigenvalue weighted by Gasteiger charge is 2.12. The Morgan fingerprint density at radius 3 is 2.33 bits per heavy atom. The van der Waals surface area contributed by atoms with Crippen LogP contribution in [0.4, 0.5) is 10.5 Å². The van der Waals surface area contributed by atoms with Crippen molar-refractivity contribution in [1.82, 2.24) is 10.0 Å². The van der Waals surface area contributed by atoms with Crippen LogP contribution in [0.2, 0.25) is 0 Å². The van der Waals surface area contributed by atoms with Crippen molar-refractivity contribution in [3.8, 4) is 0 Å². The van der Waals surface area contributed by atoms with Gasteiger partial charge in [0.05, 0.1) is 0 Å². The fourth-order valence-electron chi connectivity index (χ4n) is 1.32. The fourth-order valence-corrected chi connectivity index (χ4v) is 1.32. The summed E-state index contributed by atoms with van der Waals surface area (Å²) in [5.74, 6) is 0. The molecule has 0 aromatic heterocycles. The largest absolute Gasteiger partial charge is 0.336 e. The normalized spacial score (nSPS) is 10.1. The first kappa shape index (κ1) is 11.5. The van der Waals surface area contributed by atoms with E-state index >= 15 is 0 Å². The van der Waals surface area contributed by atoms with E-state index in [1.165, 1.54) is 0 Å². The first-order chi connectivity index (χ1) is 7.15. The molecule has 0 radical (unpaired) electrons. The summed E-state index contributed by atoms with van der Waals surface area (Å²) in [6, 6.07) is 9.30. The van der Waals surface area contributed by atoms with Crippen LogP contribution >= 0.6 is 0 Å². The van der Waals surface area contributed by atoms with E-state index in [-0.39, 0.29) is 6.03 Å². The minimum absolute atomic E-state index is 0.117. The van der Waals surface area contributed by atoms with Crippen LogP contribution in [0, 0.1) is 0 Å². The van der Waals surface area contributed by atoms with Gasteiger partial charge in [0.25, 0.3) is 0 Å². The summed E-state index contributed by atoms with van der Waals surface area (Å²) in [4.78, 5) is 11.8. The van der Waals surface area contributed by atoms with Crippen molar-refractivity contribution in [2.75, 3.05) is 26.0 Å². The lowest BCUT2D eigenvalue weighted by Crippen LogP contribution is -2.44. The van der Waals surface area contributed by atoms with Crippen LogP contribution < -0.4 is 5.32 Å². The van der Waals surface area contributed by atoms with Gasteiger partial charge in [0.15, 0.2) is 0 Å². The molecule has 0 aliphatic carbocycles. The third-order valence-electron chi connectivity index (χ3n) is 2.04. The monoisotopic (exact) mass is 207 g/mol. The zero-order valence-electron chi connectivity index (χ0n) is 9.40. The van der Waals surface area contributed by atoms with Crippen molar-refractivity contribution in [1.29, 1.82) is 0 Å². The maximum absolute atomic E-state index is 11.8. The molecule has 0 atom stereocenters. The quantitative estimate of drug-likeness (QED) is 0.770. The zero-order chi connectivity index (χ0) is 11.3. The van der Waals surface area contributed by atoms with E-state index in [1.807, 2.05) is 51.4 Å². The molecule has 0 aliphatic heterocycles. The number of para-hydroxylation sites is 1. The average Bonchev–Trinajstić information content (AvgIpc) is 2.19. The number of anilines is 1. The molecule has 0 saturated carbocycles. The summed E-state index contributed by atoms with van der Waals surface area (Å²) in [7, 11) is 3.68. The van der Waals surface area contributed by atoms with Crippen molar-refractivity contribution >= 4 is 11.7 Å². The molecule has 15 heavy (non-hydrogen) atoms. The van der Waals surface area contributed by atoms with Crippen LogP contribution in [-0.2, 0) is 0 Å². The molecule has 0 fully saturated rings. The summed E-state index contributed by atoms with van der Waals surface area (Å²) < 4.78 is 0. The average molecular weight is 207 g/mol. The van der Waals surface area contributed by atoms with E-state index in [1.54, 1.807) is 10.0 Å². The molecule has 0 spiro atoms. The lowest BCUT2D eigenvalue weighted by Gasteiger charge is -2.27. The number of carbonyl (C=O) groups excluding carboxylic acids is 1. The highest BCUT2D eigenvalue weighted by Crippen LogP contribution is 2.06. The van der Waals surface area contributed by atoms with Crippen molar-refractivity contribution in [3.63, 3.8) is 0 Å². The highest BCUT2D eigenvalue weighted by atomic mass is 16.2. The number of amides is 2. The Morgan fingerprint density at radius 2 is 1.87 bits per heavy atom. The Kier molecular flexibility index (Phi) is 4.12. The number of hydrogen-bond acceptors (Lipinski definition) is 2. The number of urea groups is 1. The second-order valence-corrected chi connectivity index (χ2v) is 3.36. The molecular weight excluding hydrogens is 190 g/mol. The van der Waals surface area contributed by atoms with Crippen LogP contribution in [0.25, 0.3) is 0 Å². The first-order valence-electron chi connectivity index (χ1n) is 4.96. The van der Waals surface area contributed by atoms with Gasteiger partial charge >= 0.3 is 6.03 Å². The van der Waals surface area contributed by atoms with E-state index < -0.39 is 0 Å². The summed E-state index contributed by atoms with van der Waals surface area (Å²) >= 11 is 0. The van der Waals surface area contributed by atoms with Gasteiger partial charge in [-0.3, -0.25) is 5.01 Å². The first-order valence-corrected chi connectivity index (χ1v) is 4.96. The zero-order valence-corrected chi connectivity index (χ0v) is 9.40. The molecule has 0 bridgehead atoms. The molecule has 2 amide bonds. The number of benzene rings is 1. The van der Waals surface area contributed by atoms with E-state index in [9.17, 15) is 4.79 Å². The smallest absolute Gasteiger partial charge is 0.307 e. The van der Waals surface area contributed by atoms with Crippen molar-refractivity contribution in [2.45, 2.75) is 6.92 Å². The molecule has 4 heteroatoms. The minimum atomic E-state index is -0.117. The molecule has 1 N–H and O–H groups in total. The standard InChI is InChI=1S/C11H17N3O/c1-4-14(13(2)3)11(15)12-10-8-6-5-7-9-10/h5-9H,4H2,1-3H3,(H,12,15). The summed E-state index contributed by atoms with van der Waals surface area (Å²) in [5, 5.41) is 6.20. The Balaban J connectivity index is 2.62. The van der Waals surface area contributed by atoms with Crippen LogP contribution in [-0.4, -0.2) is 36.7 Å². The van der Waals surface area contributed by atoms with Gasteiger partial charge in [-0.25, -0.2) is 9.80 Å². The summed E-state index contributed by atoms with van der Waals surface area (Å²) in [6.07, 6.45) is 0. The van der Waals surface area contributed by atoms with Gasteiger partial charge in [-0.15, -0.1) is 0 Å². The van der Waals surface area contributed by atoms with Crippen molar-refractivity contribution < 1.29 is 4.79 Å². The van der Waals surface area contributed by atoms with Crippen LogP contribution in [0.15, 0.2) is 30.3 Å². The van der Waals surface area contributed by atoms with Crippen molar-refractivity contribution in [2.24, 2.45) is 0 Å². The summed E-state index contributed by atoms with van der Waals surface area (Å²) in [6.45, 7) is 2.58. The van der Waals surface area contributed by atoms with E-state index in [4.69, 9.17) is 0 Å². The number of hydrogen-bond donors (Lipinski definition) is 1. The van der Waals surface area contributed by atoms with Gasteiger partial charge < -0.3 is 5.32 Å². The van der Waals surface area contributed by atoms with Gasteiger partial charge in [0, 0.05) is 26.3 Å². The van der Waals surface area contributed by atoms with Gasteiger partial charge in [-0.1, -0.05) is 18.2 Å². The molecule has 4 nitrogen and oxygen atoms in total. The molecule has 1 aromatic carbocycles. The molecule has 82 valence electrons. The maximum Gasteiger partial charge on any atom is 0.336 e. The van der Waals surface area contributed by atoms with Crippen LogP contribution in [0.5, 0.6) is 0 Å².